The third-order valence-corrected chi connectivity index (χ3v) is 2.48. The molecule has 0 amide bonds. The lowest BCUT2D eigenvalue weighted by atomic mass is 9.97. The van der Waals surface area contributed by atoms with Gasteiger partial charge in [-0.1, -0.05) is 26.0 Å². The molecule has 17 heavy (non-hydrogen) atoms. The predicted octanol–water partition coefficient (Wildman–Crippen LogP) is 2.23. The Morgan fingerprint density at radius 1 is 1.47 bits per heavy atom. The molecule has 0 heterocycles. The molecule has 0 radical (unpaired) electrons. The van der Waals surface area contributed by atoms with Gasteiger partial charge in [-0.3, -0.25) is 4.79 Å². The second-order valence-electron chi connectivity index (χ2n) is 4.61. The van der Waals surface area contributed by atoms with E-state index in [4.69, 9.17) is 10.8 Å². The molecule has 4 N–H and O–H groups in total. The number of hydrogen-bond donors (Lipinski definition) is 3. The van der Waals surface area contributed by atoms with Crippen LogP contribution in [0.1, 0.15) is 31.9 Å². The summed E-state index contributed by atoms with van der Waals surface area (Å²) in [4.78, 5) is 10.4. The average molecular weight is 236 g/mol. The maximum atomic E-state index is 10.4. The van der Waals surface area contributed by atoms with E-state index in [9.17, 15) is 4.79 Å². The monoisotopic (exact) mass is 236 g/mol. The summed E-state index contributed by atoms with van der Waals surface area (Å²) in [5, 5.41) is 11.4. The minimum atomic E-state index is -0.873. The van der Waals surface area contributed by atoms with Crippen molar-refractivity contribution in [2.45, 2.75) is 26.3 Å². The van der Waals surface area contributed by atoms with Crippen LogP contribution in [0.25, 0.3) is 0 Å². The number of carboxylic acid groups (broad SMARTS) is 1. The SMILES string of the molecule is CC(C)CC(N)c1cccc(NCC(=O)O)c1. The Morgan fingerprint density at radius 3 is 2.76 bits per heavy atom. The highest BCUT2D eigenvalue weighted by Crippen LogP contribution is 2.21. The molecule has 1 rings (SSSR count). The zero-order chi connectivity index (χ0) is 12.8. The van der Waals surface area contributed by atoms with Crippen LogP contribution in [0.5, 0.6) is 0 Å². The third-order valence-electron chi connectivity index (χ3n) is 2.48. The molecule has 0 aliphatic carbocycles. The van der Waals surface area contributed by atoms with Crippen molar-refractivity contribution < 1.29 is 9.90 Å². The molecule has 0 saturated carbocycles. The number of carbonyl (C=O) groups is 1. The smallest absolute Gasteiger partial charge is 0.322 e. The first-order valence-electron chi connectivity index (χ1n) is 5.80. The van der Waals surface area contributed by atoms with E-state index in [2.05, 4.69) is 19.2 Å². The molecule has 4 heteroatoms. The van der Waals surface area contributed by atoms with Crippen molar-refractivity contribution in [2.75, 3.05) is 11.9 Å². The second-order valence-corrected chi connectivity index (χ2v) is 4.61. The Labute approximate surface area is 102 Å². The zero-order valence-electron chi connectivity index (χ0n) is 10.3. The van der Waals surface area contributed by atoms with Gasteiger partial charge in [-0.25, -0.2) is 0 Å². The zero-order valence-corrected chi connectivity index (χ0v) is 10.3. The van der Waals surface area contributed by atoms with Gasteiger partial charge in [0.1, 0.15) is 6.54 Å². The quantitative estimate of drug-likeness (QED) is 0.708. The van der Waals surface area contributed by atoms with E-state index < -0.39 is 5.97 Å². The molecule has 94 valence electrons. The third kappa shape index (κ3) is 4.87. The van der Waals surface area contributed by atoms with Crippen molar-refractivity contribution in [3.63, 3.8) is 0 Å². The van der Waals surface area contributed by atoms with Crippen LogP contribution in [0, 0.1) is 5.92 Å². The number of rotatable bonds is 6. The second kappa shape index (κ2) is 6.25. The van der Waals surface area contributed by atoms with Gasteiger partial charge in [0.05, 0.1) is 0 Å². The van der Waals surface area contributed by atoms with Crippen LogP contribution in [0.3, 0.4) is 0 Å². The number of benzene rings is 1. The molecular weight excluding hydrogens is 216 g/mol. The van der Waals surface area contributed by atoms with Gasteiger partial charge >= 0.3 is 5.97 Å². The van der Waals surface area contributed by atoms with E-state index >= 15 is 0 Å². The summed E-state index contributed by atoms with van der Waals surface area (Å²) in [7, 11) is 0. The van der Waals surface area contributed by atoms with Crippen molar-refractivity contribution in [2.24, 2.45) is 11.7 Å². The topological polar surface area (TPSA) is 75.3 Å². The van der Waals surface area contributed by atoms with Gasteiger partial charge in [-0.2, -0.15) is 0 Å². The van der Waals surface area contributed by atoms with E-state index in [0.29, 0.717) is 5.92 Å². The number of aliphatic carboxylic acids is 1. The average Bonchev–Trinajstić information content (AvgIpc) is 2.26. The van der Waals surface area contributed by atoms with Crippen LogP contribution >= 0.6 is 0 Å². The summed E-state index contributed by atoms with van der Waals surface area (Å²) in [6, 6.07) is 7.62. The van der Waals surface area contributed by atoms with Gasteiger partial charge in [-0.05, 0) is 30.0 Å². The van der Waals surface area contributed by atoms with Crippen molar-refractivity contribution in [3.05, 3.63) is 29.8 Å². The van der Waals surface area contributed by atoms with Crippen molar-refractivity contribution >= 4 is 11.7 Å². The number of carboxylic acids is 1. The highest BCUT2D eigenvalue weighted by atomic mass is 16.4. The maximum absolute atomic E-state index is 10.4. The fraction of sp³-hybridized carbons (Fsp3) is 0.462. The normalized spacial score (nSPS) is 12.5. The maximum Gasteiger partial charge on any atom is 0.322 e. The van der Waals surface area contributed by atoms with Crippen molar-refractivity contribution in [1.82, 2.24) is 0 Å². The van der Waals surface area contributed by atoms with Crippen LogP contribution in [0.15, 0.2) is 24.3 Å². The molecule has 4 nitrogen and oxygen atoms in total. The van der Waals surface area contributed by atoms with Gasteiger partial charge < -0.3 is 16.2 Å². The fourth-order valence-corrected chi connectivity index (χ4v) is 1.70. The Bertz CT molecular complexity index is 377. The van der Waals surface area contributed by atoms with E-state index in [1.807, 2.05) is 24.3 Å². The van der Waals surface area contributed by atoms with E-state index in [1.54, 1.807) is 0 Å². The summed E-state index contributed by atoms with van der Waals surface area (Å²) in [5.41, 5.74) is 7.91. The number of anilines is 1. The molecule has 1 atom stereocenters. The first-order chi connectivity index (χ1) is 7.99. The largest absolute Gasteiger partial charge is 0.480 e. The lowest BCUT2D eigenvalue weighted by Crippen LogP contribution is -2.15. The molecule has 0 spiro atoms. The fourth-order valence-electron chi connectivity index (χ4n) is 1.70. The van der Waals surface area contributed by atoms with Crippen LogP contribution in [0.2, 0.25) is 0 Å². The highest BCUT2D eigenvalue weighted by molar-refractivity contribution is 5.72. The summed E-state index contributed by atoms with van der Waals surface area (Å²) >= 11 is 0. The van der Waals surface area contributed by atoms with Crippen LogP contribution in [0.4, 0.5) is 5.69 Å². The van der Waals surface area contributed by atoms with Crippen molar-refractivity contribution in [3.8, 4) is 0 Å². The first-order valence-corrected chi connectivity index (χ1v) is 5.80. The minimum absolute atomic E-state index is 0.00146. The van der Waals surface area contributed by atoms with Gasteiger partial charge in [-0.15, -0.1) is 0 Å². The molecule has 0 saturated heterocycles. The van der Waals surface area contributed by atoms with Crippen LogP contribution in [-0.2, 0) is 4.79 Å². The molecule has 0 aromatic heterocycles. The predicted molar refractivity (Wildman–Crippen MR) is 69.0 cm³/mol. The van der Waals surface area contributed by atoms with E-state index in [1.165, 1.54) is 0 Å². The molecule has 1 aromatic carbocycles. The minimum Gasteiger partial charge on any atom is -0.480 e. The van der Waals surface area contributed by atoms with Gasteiger partial charge in [0.2, 0.25) is 0 Å². The summed E-state index contributed by atoms with van der Waals surface area (Å²) in [6.07, 6.45) is 0.919. The van der Waals surface area contributed by atoms with E-state index in [0.717, 1.165) is 17.7 Å². The van der Waals surface area contributed by atoms with E-state index in [-0.39, 0.29) is 12.6 Å². The van der Waals surface area contributed by atoms with Gasteiger partial charge in [0.15, 0.2) is 0 Å². The molecule has 0 bridgehead atoms. The molecular formula is C13H20N2O2. The molecule has 0 aliphatic heterocycles. The molecule has 1 aromatic rings. The number of nitrogens with two attached hydrogens (primary N) is 1. The standard InChI is InChI=1S/C13H20N2O2/c1-9(2)6-12(14)10-4-3-5-11(7-10)15-8-13(16)17/h3-5,7,9,12,15H,6,8,14H2,1-2H3,(H,16,17). The summed E-state index contributed by atoms with van der Waals surface area (Å²) in [5.74, 6) is -0.331. The first kappa shape index (κ1) is 13.5. The molecule has 0 fully saturated rings. The van der Waals surface area contributed by atoms with Gasteiger partial charge in [0, 0.05) is 11.7 Å². The molecule has 1 unspecified atom stereocenters. The lowest BCUT2D eigenvalue weighted by molar-refractivity contribution is -0.134. The summed E-state index contributed by atoms with van der Waals surface area (Å²) in [6.45, 7) is 4.18. The van der Waals surface area contributed by atoms with Crippen LogP contribution in [-0.4, -0.2) is 17.6 Å². The lowest BCUT2D eigenvalue weighted by Gasteiger charge is -2.15. The Morgan fingerprint density at radius 2 is 2.18 bits per heavy atom. The number of nitrogens with one attached hydrogen (secondary N) is 1. The number of hydrogen-bond acceptors (Lipinski definition) is 3. The van der Waals surface area contributed by atoms with Gasteiger partial charge in [0.25, 0.3) is 0 Å². The Kier molecular flexibility index (Phi) is 4.97. The Hall–Kier alpha value is -1.55. The summed E-state index contributed by atoms with van der Waals surface area (Å²) < 4.78 is 0. The van der Waals surface area contributed by atoms with Crippen molar-refractivity contribution in [1.29, 1.82) is 0 Å². The molecule has 0 aliphatic rings. The Balaban J connectivity index is 2.67. The highest BCUT2D eigenvalue weighted by Gasteiger charge is 2.08. The van der Waals surface area contributed by atoms with Crippen LogP contribution < -0.4 is 11.1 Å².